The number of nitrogens with one attached hydrogen (secondary N) is 1. The summed E-state index contributed by atoms with van der Waals surface area (Å²) in [5.41, 5.74) is 0.445. The first-order chi connectivity index (χ1) is 10.0. The van der Waals surface area contributed by atoms with Gasteiger partial charge >= 0.3 is 5.97 Å². The monoisotopic (exact) mass is 293 g/mol. The molecule has 1 unspecified atom stereocenters. The van der Waals surface area contributed by atoms with E-state index in [9.17, 15) is 9.59 Å². The van der Waals surface area contributed by atoms with E-state index >= 15 is 0 Å². The van der Waals surface area contributed by atoms with Crippen molar-refractivity contribution in [3.05, 3.63) is 30.4 Å². The van der Waals surface area contributed by atoms with E-state index in [0.29, 0.717) is 5.69 Å². The van der Waals surface area contributed by atoms with Crippen LogP contribution in [0.2, 0.25) is 0 Å². The van der Waals surface area contributed by atoms with Gasteiger partial charge in [0, 0.05) is 13.3 Å². The number of aromatic nitrogens is 4. The predicted octanol–water partition coefficient (Wildman–Crippen LogP) is 0.581. The van der Waals surface area contributed by atoms with Crippen LogP contribution in [0.25, 0.3) is 0 Å². The lowest BCUT2D eigenvalue weighted by Gasteiger charge is -2.13. The van der Waals surface area contributed by atoms with Crippen molar-refractivity contribution in [2.24, 2.45) is 0 Å². The predicted molar refractivity (Wildman–Crippen MR) is 71.8 cm³/mol. The zero-order valence-corrected chi connectivity index (χ0v) is 11.6. The van der Waals surface area contributed by atoms with Crippen LogP contribution in [0.3, 0.4) is 0 Å². The van der Waals surface area contributed by atoms with E-state index in [1.54, 1.807) is 13.1 Å². The van der Waals surface area contributed by atoms with Gasteiger partial charge in [0.1, 0.15) is 18.5 Å². The van der Waals surface area contributed by atoms with E-state index in [1.807, 2.05) is 0 Å². The van der Waals surface area contributed by atoms with Crippen LogP contribution in [0.5, 0.6) is 0 Å². The fourth-order valence-corrected chi connectivity index (χ4v) is 1.78. The Morgan fingerprint density at radius 2 is 2.24 bits per heavy atom. The van der Waals surface area contributed by atoms with Crippen molar-refractivity contribution in [3.63, 3.8) is 0 Å². The highest BCUT2D eigenvalue weighted by Crippen LogP contribution is 2.13. The summed E-state index contributed by atoms with van der Waals surface area (Å²) in [6.07, 6.45) is 4.42. The fraction of sp³-hybridized carbons (Fsp3) is 0.333. The maximum absolute atomic E-state index is 12.1. The molecule has 2 aromatic heterocycles. The van der Waals surface area contributed by atoms with Crippen LogP contribution in [-0.2, 0) is 16.3 Å². The number of hydrogen-bond donors (Lipinski definition) is 2. The summed E-state index contributed by atoms with van der Waals surface area (Å²) >= 11 is 0. The zero-order chi connectivity index (χ0) is 15.4. The van der Waals surface area contributed by atoms with E-state index in [2.05, 4.69) is 15.5 Å². The Kier molecular flexibility index (Phi) is 4.33. The summed E-state index contributed by atoms with van der Waals surface area (Å²) in [5.74, 6) is -1.53. The molecule has 2 aromatic rings. The Morgan fingerprint density at radius 3 is 2.90 bits per heavy atom. The average Bonchev–Trinajstić information content (AvgIpc) is 3.07. The number of rotatable bonds is 6. The summed E-state index contributed by atoms with van der Waals surface area (Å²) in [4.78, 5) is 23.1. The number of ether oxygens (including phenoxy) is 1. The van der Waals surface area contributed by atoms with Crippen LogP contribution in [0.15, 0.2) is 24.7 Å². The van der Waals surface area contributed by atoms with Gasteiger partial charge in [-0.25, -0.2) is 14.2 Å². The van der Waals surface area contributed by atoms with Gasteiger partial charge in [0.05, 0.1) is 18.1 Å². The molecule has 0 aliphatic carbocycles. The van der Waals surface area contributed by atoms with Crippen molar-refractivity contribution in [1.82, 2.24) is 19.6 Å². The second kappa shape index (κ2) is 6.18. The van der Waals surface area contributed by atoms with Gasteiger partial charge in [0.25, 0.3) is 0 Å². The molecule has 0 radical (unpaired) electrons. The largest absolute Gasteiger partial charge is 0.477 e. The number of carbonyl (C=O) groups excluding carboxylic acids is 1. The molecule has 0 saturated heterocycles. The number of aromatic carboxylic acids is 1. The smallest absolute Gasteiger partial charge is 0.354 e. The molecular weight excluding hydrogens is 278 g/mol. The van der Waals surface area contributed by atoms with Gasteiger partial charge in [-0.15, -0.1) is 0 Å². The molecule has 21 heavy (non-hydrogen) atoms. The molecule has 0 aliphatic rings. The molecule has 9 nitrogen and oxygen atoms in total. The second-order valence-electron chi connectivity index (χ2n) is 4.32. The topological polar surface area (TPSA) is 111 Å². The van der Waals surface area contributed by atoms with Gasteiger partial charge in [0.2, 0.25) is 5.91 Å². The molecule has 9 heteroatoms. The van der Waals surface area contributed by atoms with Crippen molar-refractivity contribution in [2.75, 3.05) is 12.4 Å². The first-order valence-electron chi connectivity index (χ1n) is 6.12. The Bertz CT molecular complexity index is 648. The van der Waals surface area contributed by atoms with Crippen LogP contribution in [-0.4, -0.2) is 43.7 Å². The SMILES string of the molecule is COCn1cc(NC(=O)C(C)n2nccc2C(=O)O)cn1. The quantitative estimate of drug-likeness (QED) is 0.806. The minimum Gasteiger partial charge on any atom is -0.477 e. The van der Waals surface area contributed by atoms with Crippen LogP contribution in [0, 0.1) is 0 Å². The Balaban J connectivity index is 2.08. The first kappa shape index (κ1) is 14.7. The fourth-order valence-electron chi connectivity index (χ4n) is 1.78. The van der Waals surface area contributed by atoms with Gasteiger partial charge in [-0.2, -0.15) is 10.2 Å². The lowest BCUT2D eigenvalue weighted by atomic mass is 10.3. The second-order valence-corrected chi connectivity index (χ2v) is 4.32. The summed E-state index contributed by atoms with van der Waals surface area (Å²) < 4.78 is 7.56. The molecule has 0 fully saturated rings. The van der Waals surface area contributed by atoms with Crippen molar-refractivity contribution in [3.8, 4) is 0 Å². The number of anilines is 1. The summed E-state index contributed by atoms with van der Waals surface area (Å²) in [7, 11) is 1.53. The molecule has 0 aromatic carbocycles. The van der Waals surface area contributed by atoms with Gasteiger partial charge in [-0.05, 0) is 13.0 Å². The summed E-state index contributed by atoms with van der Waals surface area (Å²) in [6.45, 7) is 1.84. The minimum atomic E-state index is -1.14. The molecule has 0 spiro atoms. The average molecular weight is 293 g/mol. The number of methoxy groups -OCH3 is 1. The number of carbonyl (C=O) groups is 2. The van der Waals surface area contributed by atoms with E-state index in [4.69, 9.17) is 9.84 Å². The first-order valence-corrected chi connectivity index (χ1v) is 6.12. The maximum atomic E-state index is 12.1. The number of amides is 1. The minimum absolute atomic E-state index is 0.0484. The Hall–Kier alpha value is -2.68. The molecule has 112 valence electrons. The third-order valence-corrected chi connectivity index (χ3v) is 2.80. The third-order valence-electron chi connectivity index (χ3n) is 2.80. The molecule has 2 N–H and O–H groups in total. The molecular formula is C12H15N5O4. The number of hydrogen-bond acceptors (Lipinski definition) is 5. The molecule has 0 aliphatic heterocycles. The van der Waals surface area contributed by atoms with Crippen LogP contribution < -0.4 is 5.32 Å². The highest BCUT2D eigenvalue weighted by Gasteiger charge is 2.21. The number of carboxylic acid groups (broad SMARTS) is 1. The third kappa shape index (κ3) is 3.26. The van der Waals surface area contributed by atoms with E-state index in [1.165, 1.54) is 30.3 Å². The molecule has 2 rings (SSSR count). The number of nitrogens with zero attached hydrogens (tertiary/aromatic N) is 4. The van der Waals surface area contributed by atoms with E-state index in [-0.39, 0.29) is 12.4 Å². The normalized spacial score (nSPS) is 12.1. The van der Waals surface area contributed by atoms with Crippen molar-refractivity contribution < 1.29 is 19.4 Å². The van der Waals surface area contributed by atoms with Gasteiger partial charge in [0.15, 0.2) is 0 Å². The van der Waals surface area contributed by atoms with E-state index in [0.717, 1.165) is 4.68 Å². The van der Waals surface area contributed by atoms with Gasteiger partial charge < -0.3 is 15.2 Å². The highest BCUT2D eigenvalue weighted by molar-refractivity contribution is 5.94. The zero-order valence-electron chi connectivity index (χ0n) is 11.6. The standard InChI is InChI=1S/C12H15N5O4/c1-8(17-10(12(19)20)3-4-13-17)11(18)15-9-5-14-16(6-9)7-21-2/h3-6,8H,7H2,1-2H3,(H,15,18)(H,19,20). The lowest BCUT2D eigenvalue weighted by molar-refractivity contribution is -0.119. The van der Waals surface area contributed by atoms with Gasteiger partial charge in [-0.1, -0.05) is 0 Å². The van der Waals surface area contributed by atoms with Crippen molar-refractivity contribution >= 4 is 17.6 Å². The summed E-state index contributed by atoms with van der Waals surface area (Å²) in [5, 5.41) is 19.5. The van der Waals surface area contributed by atoms with Crippen LogP contribution in [0.1, 0.15) is 23.5 Å². The van der Waals surface area contributed by atoms with Crippen molar-refractivity contribution in [2.45, 2.75) is 19.7 Å². The highest BCUT2D eigenvalue weighted by atomic mass is 16.5. The Morgan fingerprint density at radius 1 is 1.48 bits per heavy atom. The maximum Gasteiger partial charge on any atom is 0.354 e. The molecule has 1 atom stereocenters. The molecule has 0 bridgehead atoms. The molecule has 0 saturated carbocycles. The summed E-state index contributed by atoms with van der Waals surface area (Å²) in [6, 6.07) is 0.569. The molecule has 2 heterocycles. The van der Waals surface area contributed by atoms with Gasteiger partial charge in [-0.3, -0.25) is 4.79 Å². The van der Waals surface area contributed by atoms with Crippen molar-refractivity contribution in [1.29, 1.82) is 0 Å². The lowest BCUT2D eigenvalue weighted by Crippen LogP contribution is -2.26. The number of carboxylic acids is 1. The van der Waals surface area contributed by atoms with Crippen LogP contribution >= 0.6 is 0 Å². The van der Waals surface area contributed by atoms with Crippen LogP contribution in [0.4, 0.5) is 5.69 Å². The van der Waals surface area contributed by atoms with E-state index < -0.39 is 17.9 Å². The molecule has 1 amide bonds. The Labute approximate surface area is 120 Å².